The van der Waals surface area contributed by atoms with Gasteiger partial charge in [-0.2, -0.15) is 0 Å². The average molecular weight is 425 g/mol. The number of rotatable bonds is 7. The van der Waals surface area contributed by atoms with E-state index >= 15 is 0 Å². The molecule has 0 bridgehead atoms. The number of benzene rings is 1. The minimum absolute atomic E-state index is 0.266. The molecule has 0 fully saturated rings. The summed E-state index contributed by atoms with van der Waals surface area (Å²) in [5.74, 6) is -0.0372. The first-order valence-corrected chi connectivity index (χ1v) is 11.4. The molecule has 0 heterocycles. The molecule has 1 N–H and O–H groups in total. The van der Waals surface area contributed by atoms with Gasteiger partial charge in [-0.25, -0.2) is 0 Å². The van der Waals surface area contributed by atoms with Crippen molar-refractivity contribution in [2.45, 2.75) is 77.8 Å². The van der Waals surface area contributed by atoms with Crippen molar-refractivity contribution in [1.82, 2.24) is 0 Å². The van der Waals surface area contributed by atoms with Crippen LogP contribution >= 0.6 is 7.60 Å². The van der Waals surface area contributed by atoms with Crippen molar-refractivity contribution in [3.05, 3.63) is 34.9 Å². The quantitative estimate of drug-likeness (QED) is 0.415. The third-order valence-electron chi connectivity index (χ3n) is 5.48. The molecule has 0 amide bonds. The van der Waals surface area contributed by atoms with Crippen LogP contribution in [0.2, 0.25) is 0 Å². The summed E-state index contributed by atoms with van der Waals surface area (Å²) in [4.78, 5) is 13.0. The van der Waals surface area contributed by atoms with E-state index in [0.717, 1.165) is 16.7 Å². The zero-order valence-electron chi connectivity index (χ0n) is 19.5. The van der Waals surface area contributed by atoms with E-state index in [1.54, 1.807) is 19.9 Å². The van der Waals surface area contributed by atoms with Crippen LogP contribution in [0.5, 0.6) is 5.75 Å². The molecule has 1 rings (SSSR count). The predicted octanol–water partition coefficient (Wildman–Crippen LogP) is 6.22. The van der Waals surface area contributed by atoms with Crippen molar-refractivity contribution in [3.8, 4) is 5.75 Å². The Labute approximate surface area is 176 Å². The van der Waals surface area contributed by atoms with Crippen molar-refractivity contribution in [3.63, 3.8) is 0 Å². The number of aromatic hydroxyl groups is 1. The number of allylic oxidation sites excluding steroid dienone is 1. The van der Waals surface area contributed by atoms with Crippen LogP contribution < -0.4 is 0 Å². The molecular formula is C23H37O5P. The van der Waals surface area contributed by atoms with E-state index < -0.39 is 12.8 Å². The Hall–Kier alpha value is -1.42. The van der Waals surface area contributed by atoms with E-state index in [-0.39, 0.29) is 22.4 Å². The molecule has 164 valence electrons. The Bertz CT molecular complexity index is 784. The summed E-state index contributed by atoms with van der Waals surface area (Å²) in [7, 11) is -1.02. The summed E-state index contributed by atoms with van der Waals surface area (Å²) in [6.45, 7) is 15.6. The number of ketones is 1. The first-order chi connectivity index (χ1) is 13.1. The zero-order valence-corrected chi connectivity index (χ0v) is 20.4. The highest BCUT2D eigenvalue weighted by Gasteiger charge is 2.49. The van der Waals surface area contributed by atoms with Gasteiger partial charge in [-0.05, 0) is 47.9 Å². The van der Waals surface area contributed by atoms with Crippen LogP contribution in [0, 0.1) is 0 Å². The predicted molar refractivity (Wildman–Crippen MR) is 120 cm³/mol. The molecule has 6 heteroatoms. The van der Waals surface area contributed by atoms with Crippen LogP contribution in [0.1, 0.15) is 78.5 Å². The van der Waals surface area contributed by atoms with Crippen LogP contribution in [0.15, 0.2) is 18.2 Å². The molecule has 0 radical (unpaired) electrons. The molecule has 0 aromatic heterocycles. The summed E-state index contributed by atoms with van der Waals surface area (Å²) in [6, 6.07) is 3.79. The van der Waals surface area contributed by atoms with Gasteiger partial charge < -0.3 is 14.2 Å². The summed E-state index contributed by atoms with van der Waals surface area (Å²) in [6.07, 6.45) is 3.44. The van der Waals surface area contributed by atoms with E-state index in [2.05, 4.69) is 0 Å². The largest absolute Gasteiger partial charge is 0.507 e. The molecule has 1 unspecified atom stereocenters. The third kappa shape index (κ3) is 5.20. The zero-order chi connectivity index (χ0) is 22.8. The fraction of sp³-hybridized carbons (Fsp3) is 0.609. The van der Waals surface area contributed by atoms with Gasteiger partial charge in [-0.3, -0.25) is 9.36 Å². The SMILES string of the molecule is CCC(C)(C(=O)C=Cc1cc(C(C)(C)C)c(O)c(C(C)(C)C)c1)P(=O)(OC)OC. The van der Waals surface area contributed by atoms with Crippen LogP contribution in [0.25, 0.3) is 6.08 Å². The normalized spacial score (nSPS) is 15.5. The third-order valence-corrected chi connectivity index (χ3v) is 8.19. The highest BCUT2D eigenvalue weighted by molar-refractivity contribution is 7.56. The van der Waals surface area contributed by atoms with E-state index in [9.17, 15) is 14.5 Å². The van der Waals surface area contributed by atoms with Crippen molar-refractivity contribution >= 4 is 19.5 Å². The molecule has 1 aromatic carbocycles. The van der Waals surface area contributed by atoms with Gasteiger partial charge >= 0.3 is 7.60 Å². The Morgan fingerprint density at radius 3 is 1.72 bits per heavy atom. The summed E-state index contributed by atoms with van der Waals surface area (Å²) in [5, 5.41) is 9.56. The molecule has 0 aliphatic heterocycles. The number of phenolic OH excluding ortho intramolecular Hbond substituents is 1. The molecule has 0 saturated carbocycles. The highest BCUT2D eigenvalue weighted by Crippen LogP contribution is 2.60. The second-order valence-corrected chi connectivity index (χ2v) is 12.4. The Kier molecular flexibility index (Phi) is 7.73. The fourth-order valence-electron chi connectivity index (χ4n) is 3.23. The van der Waals surface area contributed by atoms with Gasteiger partial charge in [0.15, 0.2) is 5.78 Å². The van der Waals surface area contributed by atoms with Crippen LogP contribution in [-0.2, 0) is 29.2 Å². The minimum Gasteiger partial charge on any atom is -0.507 e. The van der Waals surface area contributed by atoms with Gasteiger partial charge in [0.05, 0.1) is 0 Å². The summed E-state index contributed by atoms with van der Waals surface area (Å²) in [5.41, 5.74) is 1.90. The van der Waals surface area contributed by atoms with E-state index in [4.69, 9.17) is 9.05 Å². The monoisotopic (exact) mass is 424 g/mol. The maximum Gasteiger partial charge on any atom is 0.343 e. The second-order valence-electron chi connectivity index (χ2n) is 9.65. The minimum atomic E-state index is -3.60. The van der Waals surface area contributed by atoms with Crippen molar-refractivity contribution in [2.75, 3.05) is 14.2 Å². The van der Waals surface area contributed by atoms with Crippen LogP contribution in [-0.4, -0.2) is 30.3 Å². The number of hydrogen-bond donors (Lipinski definition) is 1. The van der Waals surface area contributed by atoms with Gasteiger partial charge in [0.1, 0.15) is 10.9 Å². The number of phenols is 1. The number of carbonyl (C=O) groups is 1. The molecule has 5 nitrogen and oxygen atoms in total. The van der Waals surface area contributed by atoms with Crippen LogP contribution in [0.3, 0.4) is 0 Å². The van der Waals surface area contributed by atoms with E-state index in [1.165, 1.54) is 20.3 Å². The maximum absolute atomic E-state index is 13.0. The van der Waals surface area contributed by atoms with E-state index in [0.29, 0.717) is 6.42 Å². The maximum atomic E-state index is 13.0. The lowest BCUT2D eigenvalue weighted by atomic mass is 9.78. The van der Waals surface area contributed by atoms with E-state index in [1.807, 2.05) is 53.7 Å². The van der Waals surface area contributed by atoms with Gasteiger partial charge in [-0.15, -0.1) is 0 Å². The standard InChI is InChI=1S/C23H37O5P/c1-11-23(8,29(26,27-9)28-10)19(24)13-12-16-14-17(21(2,3)4)20(25)18(15-16)22(5,6)7/h12-15,25H,11H2,1-10H3. The number of hydrogen-bond acceptors (Lipinski definition) is 5. The molecule has 0 saturated heterocycles. The lowest BCUT2D eigenvalue weighted by Gasteiger charge is -2.31. The summed E-state index contributed by atoms with van der Waals surface area (Å²) < 4.78 is 23.2. The lowest BCUT2D eigenvalue weighted by molar-refractivity contribution is -0.117. The topological polar surface area (TPSA) is 72.8 Å². The molecular weight excluding hydrogens is 387 g/mol. The summed E-state index contributed by atoms with van der Waals surface area (Å²) >= 11 is 0. The molecule has 0 aliphatic carbocycles. The molecule has 1 aromatic rings. The number of carbonyl (C=O) groups excluding carboxylic acids is 1. The van der Waals surface area contributed by atoms with Gasteiger partial charge in [-0.1, -0.05) is 54.5 Å². The average Bonchev–Trinajstić information content (AvgIpc) is 2.63. The molecule has 0 spiro atoms. The molecule has 1 atom stereocenters. The Balaban J connectivity index is 3.52. The Morgan fingerprint density at radius 2 is 1.41 bits per heavy atom. The Morgan fingerprint density at radius 1 is 1.00 bits per heavy atom. The van der Waals surface area contributed by atoms with Crippen molar-refractivity contribution in [2.24, 2.45) is 0 Å². The lowest BCUT2D eigenvalue weighted by Crippen LogP contribution is -2.34. The molecule has 29 heavy (non-hydrogen) atoms. The van der Waals surface area contributed by atoms with Gasteiger partial charge in [0, 0.05) is 25.3 Å². The first-order valence-electron chi connectivity index (χ1n) is 9.89. The van der Waals surface area contributed by atoms with Crippen LogP contribution in [0.4, 0.5) is 0 Å². The van der Waals surface area contributed by atoms with Gasteiger partial charge in [0.25, 0.3) is 0 Å². The van der Waals surface area contributed by atoms with Gasteiger partial charge in [0.2, 0.25) is 0 Å². The smallest absolute Gasteiger partial charge is 0.343 e. The highest BCUT2D eigenvalue weighted by atomic mass is 31.2. The second kappa shape index (κ2) is 8.75. The fourth-order valence-corrected chi connectivity index (χ4v) is 4.91. The van der Waals surface area contributed by atoms with Crippen molar-refractivity contribution < 1.29 is 23.5 Å². The van der Waals surface area contributed by atoms with Crippen molar-refractivity contribution in [1.29, 1.82) is 0 Å². The first kappa shape index (κ1) is 25.6. The molecule has 0 aliphatic rings.